The molecule has 1 aliphatic heterocycles. The monoisotopic (exact) mass is 279 g/mol. The van der Waals surface area contributed by atoms with E-state index in [9.17, 15) is 18.0 Å². The van der Waals surface area contributed by atoms with E-state index in [1.54, 1.807) is 0 Å². The molecule has 0 bridgehead atoms. The first-order valence-corrected chi connectivity index (χ1v) is 6.87. The van der Waals surface area contributed by atoms with Crippen LogP contribution in [0.3, 0.4) is 0 Å². The Kier molecular flexibility index (Phi) is 4.65. The number of nitrogens with two attached hydrogens (primary N) is 1. The Labute approximate surface area is 106 Å². The van der Waals surface area contributed by atoms with E-state index < -0.39 is 28.0 Å². The minimum absolute atomic E-state index is 0.0646. The van der Waals surface area contributed by atoms with E-state index in [1.165, 1.54) is 7.05 Å². The van der Waals surface area contributed by atoms with Crippen LogP contribution in [-0.4, -0.2) is 60.7 Å². The Hall–Kier alpha value is -1.19. The van der Waals surface area contributed by atoms with Crippen molar-refractivity contribution >= 4 is 22.1 Å². The predicted octanol–water partition coefficient (Wildman–Crippen LogP) is -1.56. The van der Waals surface area contributed by atoms with Crippen molar-refractivity contribution in [3.8, 4) is 0 Å². The molecule has 3 N–H and O–H groups in total. The molecule has 0 aromatic heterocycles. The highest BCUT2D eigenvalue weighted by atomic mass is 32.2. The first-order chi connectivity index (χ1) is 8.25. The fourth-order valence-corrected chi connectivity index (χ4v) is 3.16. The number of carboxylic acid groups (broad SMARTS) is 1. The molecule has 8 nitrogen and oxygen atoms in total. The predicted molar refractivity (Wildman–Crippen MR) is 62.7 cm³/mol. The van der Waals surface area contributed by atoms with Gasteiger partial charge in [0.1, 0.15) is 0 Å². The summed E-state index contributed by atoms with van der Waals surface area (Å²) in [6, 6.07) is 0. The molecule has 104 valence electrons. The number of carboxylic acids is 1. The minimum atomic E-state index is -3.71. The highest BCUT2D eigenvalue weighted by Crippen LogP contribution is 2.20. The van der Waals surface area contributed by atoms with Gasteiger partial charge in [0.05, 0.1) is 12.3 Å². The van der Waals surface area contributed by atoms with E-state index in [2.05, 4.69) is 0 Å². The van der Waals surface area contributed by atoms with E-state index in [-0.39, 0.29) is 26.1 Å². The van der Waals surface area contributed by atoms with Gasteiger partial charge in [-0.15, -0.1) is 0 Å². The van der Waals surface area contributed by atoms with Crippen LogP contribution in [0.2, 0.25) is 0 Å². The number of carbonyl (C=O) groups is 2. The van der Waals surface area contributed by atoms with Gasteiger partial charge < -0.3 is 10.8 Å². The van der Waals surface area contributed by atoms with Crippen LogP contribution < -0.4 is 5.73 Å². The van der Waals surface area contributed by atoms with Crippen LogP contribution in [0.25, 0.3) is 0 Å². The SMILES string of the molecule is CN(CCC(=O)O)S(=O)(=O)N1CCC(C(N)=O)C1. The highest BCUT2D eigenvalue weighted by Gasteiger charge is 2.36. The van der Waals surface area contributed by atoms with Crippen LogP contribution in [0.5, 0.6) is 0 Å². The normalized spacial score (nSPS) is 21.3. The quantitative estimate of drug-likeness (QED) is 0.609. The number of amides is 1. The number of carbonyl (C=O) groups excluding carboxylic acids is 1. The summed E-state index contributed by atoms with van der Waals surface area (Å²) in [6.45, 7) is 0.192. The molecule has 0 aliphatic carbocycles. The largest absolute Gasteiger partial charge is 0.481 e. The minimum Gasteiger partial charge on any atom is -0.481 e. The smallest absolute Gasteiger partial charge is 0.304 e. The van der Waals surface area contributed by atoms with Gasteiger partial charge in [0.25, 0.3) is 10.2 Å². The molecule has 18 heavy (non-hydrogen) atoms. The van der Waals surface area contributed by atoms with E-state index in [0.717, 1.165) is 8.61 Å². The van der Waals surface area contributed by atoms with Crippen molar-refractivity contribution in [1.82, 2.24) is 8.61 Å². The number of nitrogens with zero attached hydrogens (tertiary/aromatic N) is 2. The standard InChI is InChI=1S/C9H17N3O5S/c1-11(4-3-8(13)14)18(16,17)12-5-2-7(6-12)9(10)15/h7H,2-6H2,1H3,(H2,10,15)(H,13,14). The van der Waals surface area contributed by atoms with E-state index in [0.29, 0.717) is 6.42 Å². The summed E-state index contributed by atoms with van der Waals surface area (Å²) in [7, 11) is -2.39. The second-order valence-electron chi connectivity index (χ2n) is 4.22. The molecule has 1 amide bonds. The molecular formula is C9H17N3O5S. The zero-order valence-electron chi connectivity index (χ0n) is 10.1. The second kappa shape index (κ2) is 5.63. The molecule has 0 spiro atoms. The van der Waals surface area contributed by atoms with Crippen LogP contribution in [0.1, 0.15) is 12.8 Å². The third kappa shape index (κ3) is 3.40. The summed E-state index contributed by atoms with van der Waals surface area (Å²) >= 11 is 0. The van der Waals surface area contributed by atoms with Gasteiger partial charge in [0, 0.05) is 26.7 Å². The maximum absolute atomic E-state index is 12.0. The lowest BCUT2D eigenvalue weighted by Crippen LogP contribution is -2.42. The average Bonchev–Trinajstić information content (AvgIpc) is 2.75. The van der Waals surface area contributed by atoms with Crippen molar-refractivity contribution in [2.75, 3.05) is 26.7 Å². The first kappa shape index (κ1) is 14.9. The second-order valence-corrected chi connectivity index (χ2v) is 6.25. The fourth-order valence-electron chi connectivity index (χ4n) is 1.74. The zero-order chi connectivity index (χ0) is 13.9. The van der Waals surface area contributed by atoms with Crippen LogP contribution >= 0.6 is 0 Å². The maximum Gasteiger partial charge on any atom is 0.304 e. The van der Waals surface area contributed by atoms with Crippen molar-refractivity contribution in [2.45, 2.75) is 12.8 Å². The molecule has 1 aliphatic rings. The molecule has 0 saturated carbocycles. The Morgan fingerprint density at radius 2 is 2.11 bits per heavy atom. The number of primary amides is 1. The van der Waals surface area contributed by atoms with Gasteiger partial charge in [-0.1, -0.05) is 0 Å². The third-order valence-electron chi connectivity index (χ3n) is 2.91. The molecule has 0 aromatic carbocycles. The molecule has 1 unspecified atom stereocenters. The summed E-state index contributed by atoms with van der Waals surface area (Å²) in [5, 5.41) is 8.51. The molecular weight excluding hydrogens is 262 g/mol. The summed E-state index contributed by atoms with van der Waals surface area (Å²) in [4.78, 5) is 21.4. The summed E-state index contributed by atoms with van der Waals surface area (Å²) < 4.78 is 26.2. The first-order valence-electron chi connectivity index (χ1n) is 5.47. The summed E-state index contributed by atoms with van der Waals surface area (Å²) in [5.41, 5.74) is 5.13. The molecule has 1 atom stereocenters. The van der Waals surface area contributed by atoms with Crippen LogP contribution in [0, 0.1) is 5.92 Å². The van der Waals surface area contributed by atoms with E-state index in [1.807, 2.05) is 0 Å². The van der Waals surface area contributed by atoms with Crippen LogP contribution in [-0.2, 0) is 19.8 Å². The highest BCUT2D eigenvalue weighted by molar-refractivity contribution is 7.86. The van der Waals surface area contributed by atoms with Crippen molar-refractivity contribution in [1.29, 1.82) is 0 Å². The Bertz CT molecular complexity index is 435. The molecule has 0 radical (unpaired) electrons. The zero-order valence-corrected chi connectivity index (χ0v) is 10.9. The summed E-state index contributed by atoms with van der Waals surface area (Å²) in [6.07, 6.45) is 0.143. The topological polar surface area (TPSA) is 121 Å². The van der Waals surface area contributed by atoms with Crippen LogP contribution in [0.4, 0.5) is 0 Å². The van der Waals surface area contributed by atoms with Gasteiger partial charge in [-0.25, -0.2) is 0 Å². The molecule has 1 fully saturated rings. The molecule has 1 saturated heterocycles. The fraction of sp³-hybridized carbons (Fsp3) is 0.778. The van der Waals surface area contributed by atoms with E-state index in [4.69, 9.17) is 10.8 Å². The van der Waals surface area contributed by atoms with Crippen molar-refractivity contribution in [2.24, 2.45) is 11.7 Å². The van der Waals surface area contributed by atoms with Gasteiger partial charge in [-0.2, -0.15) is 17.0 Å². The lowest BCUT2D eigenvalue weighted by molar-refractivity contribution is -0.137. The van der Waals surface area contributed by atoms with Crippen molar-refractivity contribution in [3.63, 3.8) is 0 Å². The lowest BCUT2D eigenvalue weighted by atomic mass is 10.1. The number of aliphatic carboxylic acids is 1. The Morgan fingerprint density at radius 1 is 1.50 bits per heavy atom. The van der Waals surface area contributed by atoms with Gasteiger partial charge in [-0.3, -0.25) is 9.59 Å². The Morgan fingerprint density at radius 3 is 2.56 bits per heavy atom. The van der Waals surface area contributed by atoms with Crippen LogP contribution in [0.15, 0.2) is 0 Å². The number of hydrogen-bond donors (Lipinski definition) is 2. The molecule has 0 aromatic rings. The third-order valence-corrected chi connectivity index (χ3v) is 4.87. The number of hydrogen-bond acceptors (Lipinski definition) is 4. The lowest BCUT2D eigenvalue weighted by Gasteiger charge is -2.23. The Balaban J connectivity index is 2.64. The van der Waals surface area contributed by atoms with E-state index >= 15 is 0 Å². The summed E-state index contributed by atoms with van der Waals surface area (Å²) in [5.74, 6) is -2.04. The average molecular weight is 279 g/mol. The van der Waals surface area contributed by atoms with Gasteiger partial charge in [0.2, 0.25) is 5.91 Å². The maximum atomic E-state index is 12.0. The molecule has 1 rings (SSSR count). The van der Waals surface area contributed by atoms with Gasteiger partial charge in [-0.05, 0) is 6.42 Å². The molecule has 1 heterocycles. The van der Waals surface area contributed by atoms with Gasteiger partial charge >= 0.3 is 5.97 Å². The van der Waals surface area contributed by atoms with Gasteiger partial charge in [0.15, 0.2) is 0 Å². The number of rotatable bonds is 6. The van der Waals surface area contributed by atoms with Crippen molar-refractivity contribution in [3.05, 3.63) is 0 Å². The molecule has 9 heteroatoms. The van der Waals surface area contributed by atoms with Crippen molar-refractivity contribution < 1.29 is 23.1 Å².